The molecule has 0 fully saturated rings. The Balaban J connectivity index is 1.58. The minimum atomic E-state index is -0.377. The van der Waals surface area contributed by atoms with E-state index in [1.165, 1.54) is 5.56 Å². The number of ether oxygens (including phenoxy) is 2. The van der Waals surface area contributed by atoms with Gasteiger partial charge in [0.25, 0.3) is 0 Å². The Labute approximate surface area is 235 Å². The lowest BCUT2D eigenvalue weighted by Gasteiger charge is -2.15. The Kier molecular flexibility index (Phi) is 10.0. The molecular weight excluding hydrogens is 504 g/mol. The second-order valence-electron chi connectivity index (χ2n) is 10.0. The average Bonchev–Trinajstić information content (AvgIpc) is 2.97. The number of hydrogen-bond acceptors (Lipinski definition) is 7. The van der Waals surface area contributed by atoms with E-state index in [-0.39, 0.29) is 18.2 Å². The zero-order valence-electron chi connectivity index (χ0n) is 23.7. The van der Waals surface area contributed by atoms with E-state index in [1.807, 2.05) is 43.4 Å². The SMILES string of the molecule is CNCCNCCCOC(=O)c1cccc(Cn2c(=O)nc(-c3ccc(C(C)C)cc3)c3cc(OC)ccc32)c1. The van der Waals surface area contributed by atoms with E-state index in [2.05, 4.69) is 41.6 Å². The number of benzene rings is 3. The zero-order chi connectivity index (χ0) is 28.5. The normalized spacial score (nSPS) is 11.2. The van der Waals surface area contributed by atoms with Crippen LogP contribution < -0.4 is 21.1 Å². The lowest BCUT2D eigenvalue weighted by molar-refractivity contribution is 0.0500. The summed E-state index contributed by atoms with van der Waals surface area (Å²) in [5.41, 5.74) is 4.34. The Morgan fingerprint density at radius 1 is 1.00 bits per heavy atom. The second kappa shape index (κ2) is 13.9. The summed E-state index contributed by atoms with van der Waals surface area (Å²) in [6.07, 6.45) is 0.734. The molecule has 2 N–H and O–H groups in total. The van der Waals surface area contributed by atoms with Crippen molar-refractivity contribution in [2.45, 2.75) is 32.7 Å². The first-order valence-electron chi connectivity index (χ1n) is 13.7. The molecule has 8 heteroatoms. The molecule has 0 aliphatic carbocycles. The lowest BCUT2D eigenvalue weighted by Crippen LogP contribution is -2.26. The highest BCUT2D eigenvalue weighted by Gasteiger charge is 2.15. The summed E-state index contributed by atoms with van der Waals surface area (Å²) >= 11 is 0. The van der Waals surface area contributed by atoms with Crippen LogP contribution in [0.4, 0.5) is 0 Å². The quantitative estimate of drug-likeness (QED) is 0.188. The fraction of sp³-hybridized carbons (Fsp3) is 0.344. The summed E-state index contributed by atoms with van der Waals surface area (Å²) in [5.74, 6) is 0.712. The van der Waals surface area contributed by atoms with Gasteiger partial charge in [-0.1, -0.05) is 50.2 Å². The lowest BCUT2D eigenvalue weighted by atomic mass is 9.99. The molecular formula is C32H38N4O4. The van der Waals surface area contributed by atoms with Crippen molar-refractivity contribution in [3.63, 3.8) is 0 Å². The van der Waals surface area contributed by atoms with E-state index in [0.717, 1.165) is 48.1 Å². The van der Waals surface area contributed by atoms with Gasteiger partial charge in [-0.2, -0.15) is 4.98 Å². The largest absolute Gasteiger partial charge is 0.497 e. The summed E-state index contributed by atoms with van der Waals surface area (Å²) in [6.45, 7) is 7.43. The average molecular weight is 543 g/mol. The Morgan fingerprint density at radius 3 is 2.52 bits per heavy atom. The fourth-order valence-corrected chi connectivity index (χ4v) is 4.55. The smallest absolute Gasteiger partial charge is 0.348 e. The topological polar surface area (TPSA) is 94.5 Å². The van der Waals surface area contributed by atoms with Crippen molar-refractivity contribution in [1.29, 1.82) is 0 Å². The minimum absolute atomic E-state index is 0.262. The molecule has 0 amide bonds. The maximum absolute atomic E-state index is 13.4. The first kappa shape index (κ1) is 29.0. The van der Waals surface area contributed by atoms with Crippen molar-refractivity contribution in [3.05, 3.63) is 93.9 Å². The van der Waals surface area contributed by atoms with Crippen LogP contribution in [0.5, 0.6) is 5.75 Å². The molecule has 8 nitrogen and oxygen atoms in total. The molecule has 0 aliphatic heterocycles. The molecule has 0 atom stereocenters. The Morgan fingerprint density at radius 2 is 1.80 bits per heavy atom. The third-order valence-electron chi connectivity index (χ3n) is 6.82. The van der Waals surface area contributed by atoms with Gasteiger partial charge in [0.2, 0.25) is 0 Å². The first-order chi connectivity index (χ1) is 19.4. The van der Waals surface area contributed by atoms with E-state index >= 15 is 0 Å². The van der Waals surface area contributed by atoms with Crippen LogP contribution in [0.2, 0.25) is 0 Å². The number of fused-ring (bicyclic) bond motifs is 1. The van der Waals surface area contributed by atoms with Gasteiger partial charge in [0.05, 0.1) is 37.0 Å². The van der Waals surface area contributed by atoms with Crippen molar-refractivity contribution in [2.75, 3.05) is 40.4 Å². The first-order valence-corrected chi connectivity index (χ1v) is 13.7. The van der Waals surface area contributed by atoms with E-state index in [1.54, 1.807) is 29.9 Å². The molecule has 1 heterocycles. The summed E-state index contributed by atoms with van der Waals surface area (Å²) in [4.78, 5) is 30.5. The Hall–Kier alpha value is -4.01. The number of carbonyl (C=O) groups excluding carboxylic acids is 1. The van der Waals surface area contributed by atoms with Gasteiger partial charge in [0, 0.05) is 24.0 Å². The van der Waals surface area contributed by atoms with Crippen LogP contribution in [0, 0.1) is 0 Å². The Bertz CT molecular complexity index is 1500. The van der Waals surface area contributed by atoms with E-state index in [4.69, 9.17) is 9.47 Å². The van der Waals surface area contributed by atoms with Crippen molar-refractivity contribution in [1.82, 2.24) is 20.2 Å². The van der Waals surface area contributed by atoms with Crippen LogP contribution in [0.1, 0.15) is 47.7 Å². The third kappa shape index (κ3) is 7.14. The molecule has 0 bridgehead atoms. The van der Waals surface area contributed by atoms with Crippen LogP contribution >= 0.6 is 0 Å². The summed E-state index contributed by atoms with van der Waals surface area (Å²) in [6, 6.07) is 21.0. The number of hydrogen-bond donors (Lipinski definition) is 2. The number of carbonyl (C=O) groups is 1. The molecule has 0 radical (unpaired) electrons. The molecule has 0 saturated heterocycles. The van der Waals surface area contributed by atoms with Crippen LogP contribution in [0.25, 0.3) is 22.2 Å². The van der Waals surface area contributed by atoms with Crippen molar-refractivity contribution in [2.24, 2.45) is 0 Å². The van der Waals surface area contributed by atoms with Crippen molar-refractivity contribution in [3.8, 4) is 17.0 Å². The highest BCUT2D eigenvalue weighted by Crippen LogP contribution is 2.30. The van der Waals surface area contributed by atoms with Crippen LogP contribution in [-0.4, -0.2) is 55.9 Å². The number of nitrogens with zero attached hydrogens (tertiary/aromatic N) is 2. The van der Waals surface area contributed by atoms with Gasteiger partial charge in [-0.15, -0.1) is 0 Å². The third-order valence-corrected chi connectivity index (χ3v) is 6.82. The number of esters is 1. The van der Waals surface area contributed by atoms with Gasteiger partial charge in [0.1, 0.15) is 5.75 Å². The van der Waals surface area contributed by atoms with Gasteiger partial charge in [-0.3, -0.25) is 4.57 Å². The van der Waals surface area contributed by atoms with Gasteiger partial charge in [-0.25, -0.2) is 9.59 Å². The zero-order valence-corrected chi connectivity index (χ0v) is 23.7. The predicted molar refractivity (Wildman–Crippen MR) is 159 cm³/mol. The highest BCUT2D eigenvalue weighted by molar-refractivity contribution is 5.93. The number of methoxy groups -OCH3 is 1. The summed E-state index contributed by atoms with van der Waals surface area (Å²) < 4.78 is 12.6. The molecule has 4 rings (SSSR count). The van der Waals surface area contributed by atoms with Crippen molar-refractivity contribution < 1.29 is 14.3 Å². The van der Waals surface area contributed by atoms with E-state index in [0.29, 0.717) is 29.5 Å². The van der Waals surface area contributed by atoms with Crippen LogP contribution in [0.3, 0.4) is 0 Å². The molecule has 1 aromatic heterocycles. The maximum atomic E-state index is 13.4. The van der Waals surface area contributed by atoms with Crippen LogP contribution in [0.15, 0.2) is 71.5 Å². The molecule has 0 spiro atoms. The molecule has 0 aliphatic rings. The van der Waals surface area contributed by atoms with Crippen LogP contribution in [-0.2, 0) is 11.3 Å². The fourth-order valence-electron chi connectivity index (χ4n) is 4.55. The summed E-state index contributed by atoms with van der Waals surface area (Å²) in [7, 11) is 3.53. The van der Waals surface area contributed by atoms with Gasteiger partial charge in [-0.05, 0) is 67.4 Å². The molecule has 210 valence electrons. The van der Waals surface area contributed by atoms with E-state index < -0.39 is 0 Å². The van der Waals surface area contributed by atoms with Crippen molar-refractivity contribution >= 4 is 16.9 Å². The molecule has 0 saturated carbocycles. The number of likely N-dealkylation sites (N-methyl/N-ethyl adjacent to an activating group) is 1. The van der Waals surface area contributed by atoms with E-state index in [9.17, 15) is 9.59 Å². The molecule has 4 aromatic rings. The standard InChI is InChI=1S/C32H38N4O4/c1-22(2)24-9-11-25(12-10-24)30-28-20-27(39-4)13-14-29(28)36(32(38)35-30)21-23-7-5-8-26(19-23)31(37)40-18-6-15-34-17-16-33-3/h5,7-14,19-20,22,33-34H,6,15-18,21H2,1-4H3. The summed E-state index contributed by atoms with van der Waals surface area (Å²) in [5, 5.41) is 7.18. The van der Waals surface area contributed by atoms with Gasteiger partial charge < -0.3 is 20.1 Å². The van der Waals surface area contributed by atoms with Gasteiger partial charge in [0.15, 0.2) is 0 Å². The monoisotopic (exact) mass is 542 g/mol. The van der Waals surface area contributed by atoms with Gasteiger partial charge >= 0.3 is 11.7 Å². The highest BCUT2D eigenvalue weighted by atomic mass is 16.5. The molecule has 0 unspecified atom stereocenters. The number of nitrogens with one attached hydrogen (secondary N) is 2. The maximum Gasteiger partial charge on any atom is 0.348 e. The minimum Gasteiger partial charge on any atom is -0.497 e. The molecule has 3 aromatic carbocycles. The number of aromatic nitrogens is 2. The second-order valence-corrected chi connectivity index (χ2v) is 10.0. The molecule has 40 heavy (non-hydrogen) atoms. The number of rotatable bonds is 13. The predicted octanol–water partition coefficient (Wildman–Crippen LogP) is 4.60.